The fraction of sp³-hybridized carbons (Fsp3) is 0.0612. The van der Waals surface area contributed by atoms with Crippen LogP contribution in [0.4, 0.5) is 34.1 Å². The van der Waals surface area contributed by atoms with E-state index in [2.05, 4.69) is 204 Å². The topological polar surface area (TPSA) is 15.7 Å². The van der Waals surface area contributed by atoms with E-state index in [1.807, 2.05) is 6.08 Å². The Morgan fingerprint density at radius 1 is 0.423 bits per heavy atom. The van der Waals surface area contributed by atoms with E-state index < -0.39 is 0 Å². The van der Waals surface area contributed by atoms with Gasteiger partial charge in [0, 0.05) is 33.5 Å². The van der Waals surface area contributed by atoms with E-state index in [0.29, 0.717) is 6.61 Å². The maximum absolute atomic E-state index is 6.01. The van der Waals surface area contributed by atoms with Gasteiger partial charge in [-0.3, -0.25) is 0 Å². The van der Waals surface area contributed by atoms with Gasteiger partial charge in [0.15, 0.2) is 0 Å². The summed E-state index contributed by atoms with van der Waals surface area (Å²) < 4.78 is 6.01. The first-order chi connectivity index (χ1) is 25.8. The summed E-state index contributed by atoms with van der Waals surface area (Å²) in [5.74, 6) is 0.871. The van der Waals surface area contributed by atoms with Gasteiger partial charge in [-0.1, -0.05) is 121 Å². The number of unbranched alkanes of at least 4 members (excludes halogenated alkanes) is 1. The van der Waals surface area contributed by atoms with Crippen molar-refractivity contribution in [3.63, 3.8) is 0 Å². The molecule has 0 radical (unpaired) electrons. The van der Waals surface area contributed by atoms with Crippen molar-refractivity contribution in [2.24, 2.45) is 0 Å². The molecule has 0 N–H and O–H groups in total. The number of hydrogen-bond acceptors (Lipinski definition) is 3. The molecule has 0 aliphatic heterocycles. The van der Waals surface area contributed by atoms with E-state index in [0.717, 1.165) is 63.8 Å². The van der Waals surface area contributed by atoms with Crippen LogP contribution in [-0.2, 0) is 0 Å². The van der Waals surface area contributed by atoms with Gasteiger partial charge in [0.2, 0.25) is 0 Å². The molecule has 8 aromatic carbocycles. The largest absolute Gasteiger partial charge is 0.494 e. The van der Waals surface area contributed by atoms with Gasteiger partial charge in [-0.15, -0.1) is 6.58 Å². The fourth-order valence-electron chi connectivity index (χ4n) is 6.95. The van der Waals surface area contributed by atoms with Crippen LogP contribution in [0.5, 0.6) is 5.75 Å². The average Bonchev–Trinajstić information content (AvgIpc) is 3.21. The maximum atomic E-state index is 6.01. The summed E-state index contributed by atoms with van der Waals surface area (Å²) in [4.78, 5) is 4.67. The monoisotopic (exact) mass is 672 g/mol. The summed E-state index contributed by atoms with van der Waals surface area (Å²) in [7, 11) is 0. The number of hydrogen-bond donors (Lipinski definition) is 0. The first kappa shape index (κ1) is 32.6. The molecule has 0 aliphatic carbocycles. The Hall–Kier alpha value is -6.58. The number of para-hydroxylation sites is 1. The lowest BCUT2D eigenvalue weighted by atomic mass is 10.0. The van der Waals surface area contributed by atoms with Crippen LogP contribution in [-0.4, -0.2) is 6.61 Å². The highest BCUT2D eigenvalue weighted by molar-refractivity contribution is 6.00. The minimum absolute atomic E-state index is 0.675. The lowest BCUT2D eigenvalue weighted by Gasteiger charge is -2.27. The Labute approximate surface area is 306 Å². The second kappa shape index (κ2) is 15.1. The highest BCUT2D eigenvalue weighted by Crippen LogP contribution is 2.42. The fourth-order valence-corrected chi connectivity index (χ4v) is 6.95. The molecule has 8 aromatic rings. The molecule has 0 spiro atoms. The summed E-state index contributed by atoms with van der Waals surface area (Å²) >= 11 is 0. The molecule has 3 heteroatoms. The summed E-state index contributed by atoms with van der Waals surface area (Å²) in [6.45, 7) is 4.49. The van der Waals surface area contributed by atoms with Crippen molar-refractivity contribution in [1.29, 1.82) is 0 Å². The van der Waals surface area contributed by atoms with Crippen molar-refractivity contribution in [3.8, 4) is 16.9 Å². The Morgan fingerprint density at radius 2 is 0.846 bits per heavy atom. The second-order valence-corrected chi connectivity index (χ2v) is 12.9. The average molecular weight is 673 g/mol. The molecule has 0 saturated heterocycles. The number of anilines is 6. The van der Waals surface area contributed by atoms with Gasteiger partial charge in [-0.2, -0.15) is 0 Å². The van der Waals surface area contributed by atoms with E-state index in [-0.39, 0.29) is 0 Å². The molecule has 0 saturated carbocycles. The molecule has 0 bridgehead atoms. The third-order valence-corrected chi connectivity index (χ3v) is 9.53. The van der Waals surface area contributed by atoms with Crippen molar-refractivity contribution in [3.05, 3.63) is 201 Å². The summed E-state index contributed by atoms with van der Waals surface area (Å²) in [6.07, 6.45) is 3.84. The van der Waals surface area contributed by atoms with Crippen LogP contribution in [0.25, 0.3) is 32.7 Å². The molecular formula is C49H40N2O. The van der Waals surface area contributed by atoms with Crippen LogP contribution < -0.4 is 14.5 Å². The van der Waals surface area contributed by atoms with Crippen LogP contribution in [0.1, 0.15) is 12.8 Å². The van der Waals surface area contributed by atoms with Gasteiger partial charge in [0.1, 0.15) is 5.75 Å². The lowest BCUT2D eigenvalue weighted by Crippen LogP contribution is -2.10. The molecule has 3 nitrogen and oxygen atoms in total. The molecule has 0 atom stereocenters. The Kier molecular flexibility index (Phi) is 9.48. The van der Waals surface area contributed by atoms with Gasteiger partial charge in [-0.05, 0) is 108 Å². The molecule has 0 aromatic heterocycles. The zero-order valence-electron chi connectivity index (χ0n) is 29.1. The summed E-state index contributed by atoms with van der Waals surface area (Å²) in [5, 5.41) is 4.84. The molecule has 0 aliphatic rings. The molecule has 0 heterocycles. The molecule has 8 rings (SSSR count). The standard InChI is InChI=1S/C49H40N2O/c1-2-3-11-36-52-45-34-32-44(33-35-45)51(49-23-13-17-40-15-8-10-21-47(40)49)43-30-26-38(27-31-43)37-24-28-42(29-25-37)50(41-18-5-4-6-19-41)48-22-12-16-39-14-7-9-20-46(39)48/h2,4-10,12-35H,1,3,11,36H2. The van der Waals surface area contributed by atoms with Crippen LogP contribution in [0.3, 0.4) is 0 Å². The third-order valence-electron chi connectivity index (χ3n) is 9.53. The minimum Gasteiger partial charge on any atom is -0.494 e. The van der Waals surface area contributed by atoms with E-state index in [1.54, 1.807) is 0 Å². The van der Waals surface area contributed by atoms with E-state index >= 15 is 0 Å². The van der Waals surface area contributed by atoms with Crippen LogP contribution in [0.15, 0.2) is 201 Å². The van der Waals surface area contributed by atoms with Gasteiger partial charge in [0.25, 0.3) is 0 Å². The number of rotatable bonds is 12. The molecule has 252 valence electrons. The van der Waals surface area contributed by atoms with Crippen molar-refractivity contribution >= 4 is 55.7 Å². The van der Waals surface area contributed by atoms with E-state index in [4.69, 9.17) is 4.74 Å². The quantitative estimate of drug-likeness (QED) is 0.0949. The predicted molar refractivity (Wildman–Crippen MR) is 221 cm³/mol. The van der Waals surface area contributed by atoms with Crippen LogP contribution in [0, 0.1) is 0 Å². The molecule has 0 unspecified atom stereocenters. The van der Waals surface area contributed by atoms with Crippen molar-refractivity contribution in [2.45, 2.75) is 12.8 Å². The van der Waals surface area contributed by atoms with Crippen molar-refractivity contribution in [1.82, 2.24) is 0 Å². The Balaban J connectivity index is 1.12. The van der Waals surface area contributed by atoms with Gasteiger partial charge < -0.3 is 14.5 Å². The van der Waals surface area contributed by atoms with Crippen molar-refractivity contribution < 1.29 is 4.74 Å². The van der Waals surface area contributed by atoms with Crippen molar-refractivity contribution in [2.75, 3.05) is 16.4 Å². The highest BCUT2D eigenvalue weighted by Gasteiger charge is 2.17. The number of nitrogens with zero attached hydrogens (tertiary/aromatic N) is 2. The summed E-state index contributed by atoms with van der Waals surface area (Å²) in [6, 6.07) is 66.9. The normalized spacial score (nSPS) is 11.0. The number of ether oxygens (including phenoxy) is 1. The maximum Gasteiger partial charge on any atom is 0.119 e. The van der Waals surface area contributed by atoms with Gasteiger partial charge >= 0.3 is 0 Å². The Bertz CT molecular complexity index is 2410. The van der Waals surface area contributed by atoms with Crippen LogP contribution >= 0.6 is 0 Å². The minimum atomic E-state index is 0.675. The van der Waals surface area contributed by atoms with E-state index in [1.165, 1.54) is 21.5 Å². The molecule has 0 amide bonds. The van der Waals surface area contributed by atoms with Gasteiger partial charge in [-0.25, -0.2) is 0 Å². The predicted octanol–water partition coefficient (Wildman–Crippen LogP) is 13.9. The lowest BCUT2D eigenvalue weighted by molar-refractivity contribution is 0.312. The zero-order chi connectivity index (χ0) is 35.1. The first-order valence-electron chi connectivity index (χ1n) is 17.9. The second-order valence-electron chi connectivity index (χ2n) is 12.9. The molecule has 0 fully saturated rings. The third kappa shape index (κ3) is 6.77. The highest BCUT2D eigenvalue weighted by atomic mass is 16.5. The molecule has 52 heavy (non-hydrogen) atoms. The summed E-state index contributed by atoms with van der Waals surface area (Å²) in [5.41, 5.74) is 8.99. The van der Waals surface area contributed by atoms with Gasteiger partial charge in [0.05, 0.1) is 18.0 Å². The van der Waals surface area contributed by atoms with E-state index in [9.17, 15) is 0 Å². The number of allylic oxidation sites excluding steroid dienone is 1. The smallest absolute Gasteiger partial charge is 0.119 e. The number of fused-ring (bicyclic) bond motifs is 2. The zero-order valence-corrected chi connectivity index (χ0v) is 29.1. The number of benzene rings is 8. The molecular weight excluding hydrogens is 633 g/mol. The first-order valence-corrected chi connectivity index (χ1v) is 17.9. The SMILES string of the molecule is C=CCCCOc1ccc(N(c2ccc(-c3ccc(N(c4ccccc4)c4cccc5ccccc45)cc3)cc2)c2cccc3ccccc23)cc1. The Morgan fingerprint density at radius 3 is 1.35 bits per heavy atom. The van der Waals surface area contributed by atoms with Crippen LogP contribution in [0.2, 0.25) is 0 Å².